The summed E-state index contributed by atoms with van der Waals surface area (Å²) in [5, 5.41) is 18.6. The molecule has 19 heavy (non-hydrogen) atoms. The quantitative estimate of drug-likeness (QED) is 0.865. The highest BCUT2D eigenvalue weighted by Crippen LogP contribution is 2.25. The van der Waals surface area contributed by atoms with Crippen LogP contribution in [-0.4, -0.2) is 21.8 Å². The third kappa shape index (κ3) is 3.53. The molecule has 2 rings (SSSR count). The first kappa shape index (κ1) is 13.5. The van der Waals surface area contributed by atoms with E-state index in [9.17, 15) is 5.11 Å². The molecule has 1 aromatic carbocycles. The van der Waals surface area contributed by atoms with E-state index >= 15 is 0 Å². The smallest absolute Gasteiger partial charge is 0.219 e. The van der Waals surface area contributed by atoms with E-state index in [4.69, 9.17) is 9.84 Å². The fraction of sp³-hybridized carbons (Fsp3) is 0.267. The lowest BCUT2D eigenvalue weighted by molar-refractivity contribution is 0.198. The SMILES string of the molecule is C[C@H](O)c1ccnc(Oc2ccccc2CCO)c1. The zero-order valence-electron chi connectivity index (χ0n) is 10.8. The highest BCUT2D eigenvalue weighted by molar-refractivity contribution is 5.37. The van der Waals surface area contributed by atoms with Gasteiger partial charge in [-0.2, -0.15) is 0 Å². The number of para-hydroxylation sites is 1. The summed E-state index contributed by atoms with van der Waals surface area (Å²) in [6, 6.07) is 11.0. The topological polar surface area (TPSA) is 62.6 Å². The number of nitrogens with zero attached hydrogens (tertiary/aromatic N) is 1. The predicted molar refractivity (Wildman–Crippen MR) is 72.2 cm³/mol. The van der Waals surface area contributed by atoms with E-state index in [1.165, 1.54) is 0 Å². The Balaban J connectivity index is 2.23. The summed E-state index contributed by atoms with van der Waals surface area (Å²) in [5.74, 6) is 1.11. The van der Waals surface area contributed by atoms with Gasteiger partial charge in [0, 0.05) is 18.9 Å². The van der Waals surface area contributed by atoms with E-state index in [0.717, 1.165) is 11.1 Å². The summed E-state index contributed by atoms with van der Waals surface area (Å²) in [7, 11) is 0. The molecule has 2 N–H and O–H groups in total. The third-order valence-corrected chi connectivity index (χ3v) is 2.81. The molecule has 0 aliphatic heterocycles. The van der Waals surface area contributed by atoms with E-state index in [1.54, 1.807) is 25.3 Å². The van der Waals surface area contributed by atoms with Crippen molar-refractivity contribution >= 4 is 0 Å². The van der Waals surface area contributed by atoms with Gasteiger partial charge in [-0.1, -0.05) is 18.2 Å². The van der Waals surface area contributed by atoms with Gasteiger partial charge in [0.15, 0.2) is 0 Å². The van der Waals surface area contributed by atoms with Crippen LogP contribution in [0.1, 0.15) is 24.2 Å². The molecule has 2 aromatic rings. The van der Waals surface area contributed by atoms with Crippen molar-refractivity contribution in [2.75, 3.05) is 6.61 Å². The van der Waals surface area contributed by atoms with Crippen LogP contribution in [0.15, 0.2) is 42.6 Å². The summed E-state index contributed by atoms with van der Waals surface area (Å²) < 4.78 is 5.72. The van der Waals surface area contributed by atoms with E-state index in [1.807, 2.05) is 24.3 Å². The number of pyridine rings is 1. The van der Waals surface area contributed by atoms with Crippen molar-refractivity contribution in [3.8, 4) is 11.6 Å². The zero-order valence-corrected chi connectivity index (χ0v) is 10.8. The Morgan fingerprint density at radius 3 is 2.79 bits per heavy atom. The maximum Gasteiger partial charge on any atom is 0.219 e. The van der Waals surface area contributed by atoms with E-state index in [-0.39, 0.29) is 6.61 Å². The largest absolute Gasteiger partial charge is 0.439 e. The van der Waals surface area contributed by atoms with Crippen molar-refractivity contribution in [3.05, 3.63) is 53.7 Å². The lowest BCUT2D eigenvalue weighted by Crippen LogP contribution is -1.97. The monoisotopic (exact) mass is 259 g/mol. The van der Waals surface area contributed by atoms with Gasteiger partial charge in [-0.25, -0.2) is 4.98 Å². The minimum absolute atomic E-state index is 0.0709. The first-order chi connectivity index (χ1) is 9.20. The summed E-state index contributed by atoms with van der Waals surface area (Å²) in [6.07, 6.45) is 1.58. The zero-order chi connectivity index (χ0) is 13.7. The molecule has 1 aromatic heterocycles. The number of rotatable bonds is 5. The minimum atomic E-state index is -0.557. The Morgan fingerprint density at radius 2 is 2.05 bits per heavy atom. The fourth-order valence-electron chi connectivity index (χ4n) is 1.78. The van der Waals surface area contributed by atoms with Crippen LogP contribution in [0.5, 0.6) is 11.6 Å². The maximum absolute atomic E-state index is 9.54. The number of hydrogen-bond donors (Lipinski definition) is 2. The van der Waals surface area contributed by atoms with Crippen LogP contribution in [0, 0.1) is 0 Å². The van der Waals surface area contributed by atoms with Crippen molar-refractivity contribution < 1.29 is 14.9 Å². The maximum atomic E-state index is 9.54. The van der Waals surface area contributed by atoms with Crippen LogP contribution in [0.3, 0.4) is 0 Å². The molecule has 1 atom stereocenters. The van der Waals surface area contributed by atoms with Crippen molar-refractivity contribution in [3.63, 3.8) is 0 Å². The average Bonchev–Trinajstić information content (AvgIpc) is 2.41. The van der Waals surface area contributed by atoms with Crippen LogP contribution in [0.25, 0.3) is 0 Å². The first-order valence-corrected chi connectivity index (χ1v) is 6.21. The molecule has 0 fully saturated rings. The van der Waals surface area contributed by atoms with E-state index in [2.05, 4.69) is 4.98 Å². The molecule has 0 unspecified atom stereocenters. The third-order valence-electron chi connectivity index (χ3n) is 2.81. The average molecular weight is 259 g/mol. The Bertz CT molecular complexity index is 540. The molecular weight excluding hydrogens is 242 g/mol. The summed E-state index contributed by atoms with van der Waals surface area (Å²) in [5.41, 5.74) is 1.68. The Hall–Kier alpha value is -1.91. The molecule has 100 valence electrons. The van der Waals surface area contributed by atoms with Gasteiger partial charge in [0.05, 0.1) is 6.10 Å². The van der Waals surface area contributed by atoms with Gasteiger partial charge in [0.25, 0.3) is 0 Å². The van der Waals surface area contributed by atoms with Crippen LogP contribution in [0.4, 0.5) is 0 Å². The lowest BCUT2D eigenvalue weighted by Gasteiger charge is -2.11. The Labute approximate surface area is 112 Å². The Kier molecular flexibility index (Phi) is 4.49. The highest BCUT2D eigenvalue weighted by Gasteiger charge is 2.07. The van der Waals surface area contributed by atoms with Gasteiger partial charge < -0.3 is 14.9 Å². The first-order valence-electron chi connectivity index (χ1n) is 6.21. The molecule has 0 aliphatic rings. The molecule has 0 aliphatic carbocycles. The van der Waals surface area contributed by atoms with Gasteiger partial charge in [0.2, 0.25) is 5.88 Å². The number of hydrogen-bond acceptors (Lipinski definition) is 4. The predicted octanol–water partition coefficient (Wildman–Crippen LogP) is 2.46. The molecule has 4 nitrogen and oxygen atoms in total. The summed E-state index contributed by atoms with van der Waals surface area (Å²) in [4.78, 5) is 4.12. The van der Waals surface area contributed by atoms with Gasteiger partial charge in [0.1, 0.15) is 5.75 Å². The number of aliphatic hydroxyl groups is 2. The van der Waals surface area contributed by atoms with Crippen LogP contribution >= 0.6 is 0 Å². The minimum Gasteiger partial charge on any atom is -0.439 e. The normalized spacial score (nSPS) is 12.2. The van der Waals surface area contributed by atoms with E-state index < -0.39 is 6.10 Å². The second kappa shape index (κ2) is 6.31. The molecule has 0 saturated heterocycles. The van der Waals surface area contributed by atoms with Gasteiger partial charge >= 0.3 is 0 Å². The summed E-state index contributed by atoms with van der Waals surface area (Å²) in [6.45, 7) is 1.76. The van der Waals surface area contributed by atoms with Crippen molar-refractivity contribution in [1.29, 1.82) is 0 Å². The molecule has 0 amide bonds. The Morgan fingerprint density at radius 1 is 1.26 bits per heavy atom. The van der Waals surface area contributed by atoms with Gasteiger partial charge in [-0.05, 0) is 36.6 Å². The number of aromatic nitrogens is 1. The fourth-order valence-corrected chi connectivity index (χ4v) is 1.78. The highest BCUT2D eigenvalue weighted by atomic mass is 16.5. The molecule has 0 bridgehead atoms. The molecule has 0 radical (unpaired) electrons. The van der Waals surface area contributed by atoms with Crippen LogP contribution < -0.4 is 4.74 Å². The number of ether oxygens (including phenoxy) is 1. The number of aliphatic hydroxyl groups excluding tert-OH is 2. The number of benzene rings is 1. The second-order valence-corrected chi connectivity index (χ2v) is 4.29. The van der Waals surface area contributed by atoms with Crippen molar-refractivity contribution in [2.45, 2.75) is 19.4 Å². The van der Waals surface area contributed by atoms with Crippen LogP contribution in [-0.2, 0) is 6.42 Å². The van der Waals surface area contributed by atoms with E-state index in [0.29, 0.717) is 18.1 Å². The van der Waals surface area contributed by atoms with Gasteiger partial charge in [-0.3, -0.25) is 0 Å². The molecular formula is C15H17NO3. The van der Waals surface area contributed by atoms with Crippen LogP contribution in [0.2, 0.25) is 0 Å². The second-order valence-electron chi connectivity index (χ2n) is 4.29. The van der Waals surface area contributed by atoms with Crippen molar-refractivity contribution in [2.24, 2.45) is 0 Å². The molecule has 0 saturated carbocycles. The molecule has 0 spiro atoms. The molecule has 4 heteroatoms. The standard InChI is InChI=1S/C15H17NO3/c1-11(18)13-6-8-16-15(10-13)19-14-5-3-2-4-12(14)7-9-17/h2-6,8,10-11,17-18H,7,9H2,1H3/t11-/m0/s1. The molecule has 1 heterocycles. The van der Waals surface area contributed by atoms with Crippen molar-refractivity contribution in [1.82, 2.24) is 4.98 Å². The lowest BCUT2D eigenvalue weighted by atomic mass is 10.1. The summed E-state index contributed by atoms with van der Waals surface area (Å²) >= 11 is 0. The van der Waals surface area contributed by atoms with Gasteiger partial charge in [-0.15, -0.1) is 0 Å².